The highest BCUT2D eigenvalue weighted by Gasteiger charge is 2.76. The van der Waals surface area contributed by atoms with Crippen LogP contribution in [0.3, 0.4) is 0 Å². The van der Waals surface area contributed by atoms with Gasteiger partial charge in [-0.25, -0.2) is 0 Å². The lowest BCUT2D eigenvalue weighted by Gasteiger charge is -2.41. The average Bonchev–Trinajstić information content (AvgIpc) is 3.63. The Balaban J connectivity index is 1.51. The number of morpholine rings is 1. The van der Waals surface area contributed by atoms with Gasteiger partial charge in [0.25, 0.3) is 0 Å². The molecule has 5 rings (SSSR count). The van der Waals surface area contributed by atoms with Crippen LogP contribution in [-0.2, 0) is 25.7 Å². The Hall–Kier alpha value is -2.18. The Morgan fingerprint density at radius 1 is 1.13 bits per heavy atom. The molecular weight excluding hydrogens is 656 g/mol. The van der Waals surface area contributed by atoms with E-state index in [1.807, 2.05) is 49.1 Å². The maximum absolute atomic E-state index is 14.8. The number of amides is 3. The normalized spacial score (nSPS) is 29.9. The molecule has 3 unspecified atom stereocenters. The Kier molecular flexibility index (Phi) is 11.2. The number of hydrogen-bond acceptors (Lipinski definition) is 7. The van der Waals surface area contributed by atoms with Gasteiger partial charge in [-0.1, -0.05) is 72.3 Å². The van der Waals surface area contributed by atoms with Crippen LogP contribution in [0, 0.1) is 17.8 Å². The van der Waals surface area contributed by atoms with Gasteiger partial charge in [0, 0.05) is 55.9 Å². The maximum Gasteiger partial charge on any atom is 0.247 e. The second-order valence-corrected chi connectivity index (χ2v) is 15.6. The number of nitrogens with zero attached hydrogens (tertiary/aromatic N) is 4. The number of aliphatic hydroxyl groups excluding tert-OH is 1. The van der Waals surface area contributed by atoms with Crippen LogP contribution in [0.1, 0.15) is 25.8 Å². The first-order chi connectivity index (χ1) is 21.7. The summed E-state index contributed by atoms with van der Waals surface area (Å²) in [5.74, 6) is -1.77. The lowest BCUT2D eigenvalue weighted by molar-refractivity contribution is -0.148. The van der Waals surface area contributed by atoms with Crippen molar-refractivity contribution in [2.24, 2.45) is 17.8 Å². The number of rotatable bonds is 14. The lowest BCUT2D eigenvalue weighted by atomic mass is 9.70. The first-order valence-corrected chi connectivity index (χ1v) is 17.9. The first kappa shape index (κ1) is 34.2. The van der Waals surface area contributed by atoms with Crippen LogP contribution in [0.5, 0.6) is 0 Å². The predicted octanol–water partition coefficient (Wildman–Crippen LogP) is 3.03. The maximum atomic E-state index is 14.8. The number of hydrogen-bond donors (Lipinski definition) is 1. The quantitative estimate of drug-likeness (QED) is 0.236. The smallest absolute Gasteiger partial charge is 0.247 e. The van der Waals surface area contributed by atoms with Crippen molar-refractivity contribution in [3.8, 4) is 0 Å². The molecule has 45 heavy (non-hydrogen) atoms. The highest BCUT2D eigenvalue weighted by atomic mass is 79.9. The van der Waals surface area contributed by atoms with Crippen LogP contribution in [0.2, 0.25) is 0 Å². The fraction of sp³-hybridized carbons (Fsp3) is 0.618. The van der Waals surface area contributed by atoms with Crippen molar-refractivity contribution in [3.05, 3.63) is 61.2 Å². The number of halogens is 1. The van der Waals surface area contributed by atoms with E-state index in [4.69, 9.17) is 4.74 Å². The molecule has 3 amide bonds. The van der Waals surface area contributed by atoms with E-state index >= 15 is 0 Å². The SMILES string of the molecule is C=CCN(CCN1CCOCC1)C(=O)C1N([C@@H](CO)C(C)C)C(=O)[C@@H]2[C@@H](C(=O)N(CC=C)Cc3ccccc3)[C@@H]3SC12CC3Br. The van der Waals surface area contributed by atoms with Crippen molar-refractivity contribution >= 4 is 45.4 Å². The molecule has 246 valence electrons. The third-order valence-corrected chi connectivity index (χ3v) is 13.1. The van der Waals surface area contributed by atoms with E-state index < -0.39 is 28.7 Å². The zero-order valence-corrected chi connectivity index (χ0v) is 28.8. The zero-order valence-electron chi connectivity index (χ0n) is 26.4. The van der Waals surface area contributed by atoms with E-state index in [1.165, 1.54) is 0 Å². The predicted molar refractivity (Wildman–Crippen MR) is 181 cm³/mol. The van der Waals surface area contributed by atoms with Crippen molar-refractivity contribution in [2.45, 2.75) is 53.7 Å². The number of benzene rings is 1. The number of carbonyl (C=O) groups is 3. The number of ether oxygens (including phenoxy) is 1. The monoisotopic (exact) mass is 702 g/mol. The molecule has 9 nitrogen and oxygen atoms in total. The summed E-state index contributed by atoms with van der Waals surface area (Å²) in [5.41, 5.74) is 1.00. The van der Waals surface area contributed by atoms with E-state index in [2.05, 4.69) is 34.0 Å². The van der Waals surface area contributed by atoms with Gasteiger partial charge in [-0.05, 0) is 17.9 Å². The minimum atomic E-state index is -0.797. The standard InChI is InChI=1S/C34H47BrN4O5S/c1-5-12-37(15-14-36-16-18-44-19-17-36)33(43)30-34-20-25(35)29(45-34)27(28(34)32(42)39(30)26(22-40)23(3)4)31(41)38(13-6-2)21-24-10-8-7-9-11-24/h5-11,23,25-30,40H,1-2,12-22H2,3-4H3/t25?,26-,27+,28-,29+,30?,34?/m0/s1. The lowest BCUT2D eigenvalue weighted by Crippen LogP contribution is -2.59. The Labute approximate surface area is 280 Å². The van der Waals surface area contributed by atoms with Gasteiger partial charge in [-0.15, -0.1) is 24.9 Å². The first-order valence-electron chi connectivity index (χ1n) is 16.1. The van der Waals surface area contributed by atoms with Gasteiger partial charge in [0.15, 0.2) is 0 Å². The molecule has 4 aliphatic rings. The zero-order chi connectivity index (χ0) is 32.3. The summed E-state index contributed by atoms with van der Waals surface area (Å²) in [7, 11) is 0. The van der Waals surface area contributed by atoms with Crippen molar-refractivity contribution in [3.63, 3.8) is 0 Å². The number of thioether (sulfide) groups is 1. The number of likely N-dealkylation sites (tertiary alicyclic amines) is 1. The van der Waals surface area contributed by atoms with Gasteiger partial charge in [-0.3, -0.25) is 19.3 Å². The summed E-state index contributed by atoms with van der Waals surface area (Å²) in [6.07, 6.45) is 4.05. The summed E-state index contributed by atoms with van der Waals surface area (Å²) < 4.78 is 4.71. The summed E-state index contributed by atoms with van der Waals surface area (Å²) >= 11 is 5.53. The van der Waals surface area contributed by atoms with E-state index in [9.17, 15) is 19.5 Å². The van der Waals surface area contributed by atoms with Crippen LogP contribution in [0.15, 0.2) is 55.6 Å². The molecule has 1 aromatic carbocycles. The minimum Gasteiger partial charge on any atom is -0.394 e. The molecule has 4 aliphatic heterocycles. The van der Waals surface area contributed by atoms with Crippen LogP contribution in [-0.4, -0.2) is 128 Å². The molecule has 0 saturated carbocycles. The largest absolute Gasteiger partial charge is 0.394 e. The van der Waals surface area contributed by atoms with Gasteiger partial charge < -0.3 is 24.5 Å². The van der Waals surface area contributed by atoms with Crippen molar-refractivity contribution in [1.29, 1.82) is 0 Å². The summed E-state index contributed by atoms with van der Waals surface area (Å²) in [6, 6.07) is 8.48. The Bertz CT molecular complexity index is 1250. The van der Waals surface area contributed by atoms with E-state index in [0.717, 1.165) is 18.7 Å². The molecule has 1 N–H and O–H groups in total. The number of aliphatic hydroxyl groups is 1. The van der Waals surface area contributed by atoms with E-state index in [1.54, 1.807) is 33.7 Å². The Morgan fingerprint density at radius 3 is 2.42 bits per heavy atom. The van der Waals surface area contributed by atoms with Gasteiger partial charge in [-0.2, -0.15) is 0 Å². The summed E-state index contributed by atoms with van der Waals surface area (Å²) in [6.45, 7) is 16.8. The van der Waals surface area contributed by atoms with Gasteiger partial charge in [0.05, 0.1) is 42.4 Å². The van der Waals surface area contributed by atoms with E-state index in [-0.39, 0.29) is 40.3 Å². The fourth-order valence-corrected chi connectivity index (χ4v) is 11.3. The summed E-state index contributed by atoms with van der Waals surface area (Å²) in [4.78, 5) is 51.6. The molecule has 1 spiro atoms. The third kappa shape index (κ3) is 6.52. The summed E-state index contributed by atoms with van der Waals surface area (Å²) in [5, 5.41) is 10.5. The molecule has 4 heterocycles. The van der Waals surface area contributed by atoms with Crippen LogP contribution >= 0.6 is 27.7 Å². The highest BCUT2D eigenvalue weighted by molar-refractivity contribution is 9.09. The van der Waals surface area contributed by atoms with Crippen LogP contribution in [0.25, 0.3) is 0 Å². The number of carbonyl (C=O) groups excluding carboxylic acids is 3. The molecule has 1 aromatic rings. The highest BCUT2D eigenvalue weighted by Crippen LogP contribution is 2.68. The number of alkyl halides is 1. The molecule has 4 saturated heterocycles. The van der Waals surface area contributed by atoms with Crippen LogP contribution < -0.4 is 0 Å². The molecule has 2 bridgehead atoms. The topological polar surface area (TPSA) is 93.6 Å². The molecule has 0 aliphatic carbocycles. The molecular formula is C34H47BrN4O5S. The van der Waals surface area contributed by atoms with Gasteiger partial charge in [0.1, 0.15) is 6.04 Å². The molecule has 0 aromatic heterocycles. The van der Waals surface area contributed by atoms with Gasteiger partial charge in [0.2, 0.25) is 17.7 Å². The van der Waals surface area contributed by atoms with Crippen molar-refractivity contribution in [1.82, 2.24) is 19.6 Å². The molecule has 11 heteroatoms. The second kappa shape index (κ2) is 14.7. The van der Waals surface area contributed by atoms with Crippen molar-refractivity contribution < 1.29 is 24.2 Å². The molecule has 4 fully saturated rings. The molecule has 7 atom stereocenters. The van der Waals surface area contributed by atoms with Gasteiger partial charge >= 0.3 is 0 Å². The fourth-order valence-electron chi connectivity index (χ4n) is 7.72. The average molecular weight is 704 g/mol. The van der Waals surface area contributed by atoms with Crippen LogP contribution in [0.4, 0.5) is 0 Å². The molecule has 0 radical (unpaired) electrons. The van der Waals surface area contributed by atoms with E-state index in [0.29, 0.717) is 52.4 Å². The number of fused-ring (bicyclic) bond motifs is 1. The Morgan fingerprint density at radius 2 is 1.80 bits per heavy atom. The minimum absolute atomic E-state index is 0.0362. The third-order valence-electron chi connectivity index (χ3n) is 9.89. The second-order valence-electron chi connectivity index (χ2n) is 12.9. The van der Waals surface area contributed by atoms with Crippen molar-refractivity contribution in [2.75, 3.05) is 59.1 Å².